The maximum atomic E-state index is 12.7. The number of carboxylic acid groups (broad SMARTS) is 1. The Labute approximate surface area is 202 Å². The van der Waals surface area contributed by atoms with Crippen molar-refractivity contribution >= 4 is 23.7 Å². The van der Waals surface area contributed by atoms with E-state index in [1.54, 1.807) is 18.3 Å². The highest BCUT2D eigenvalue weighted by atomic mass is 16.4. The fourth-order valence-corrected chi connectivity index (χ4v) is 3.31. The van der Waals surface area contributed by atoms with E-state index < -0.39 is 48.4 Å². The minimum absolute atomic E-state index is 0.00441. The number of rotatable bonds is 13. The molecule has 0 spiro atoms. The molecule has 3 atom stereocenters. The summed E-state index contributed by atoms with van der Waals surface area (Å²) in [6.07, 6.45) is 3.54. The summed E-state index contributed by atoms with van der Waals surface area (Å²) in [6, 6.07) is 2.88. The summed E-state index contributed by atoms with van der Waals surface area (Å²) in [5, 5.41) is 26.2. The average molecular weight is 489 g/mol. The molecule has 12 nitrogen and oxygen atoms in total. The number of hydrogen-bond donors (Lipinski definition) is 7. The van der Waals surface area contributed by atoms with Gasteiger partial charge in [-0.15, -0.1) is 0 Å². The van der Waals surface area contributed by atoms with Crippen LogP contribution in [0, 0.1) is 5.92 Å². The van der Waals surface area contributed by atoms with Gasteiger partial charge in [-0.25, -0.2) is 9.78 Å². The summed E-state index contributed by atoms with van der Waals surface area (Å²) in [5.41, 5.74) is 7.22. The number of aliphatic carboxylic acids is 1. The number of H-pyrrole nitrogens is 1. The van der Waals surface area contributed by atoms with Crippen molar-refractivity contribution in [2.24, 2.45) is 11.7 Å². The Kier molecular flexibility index (Phi) is 10.2. The van der Waals surface area contributed by atoms with Crippen LogP contribution in [0.5, 0.6) is 5.75 Å². The first-order valence-electron chi connectivity index (χ1n) is 11.2. The number of nitrogens with two attached hydrogens (primary N) is 1. The number of imidazole rings is 1. The molecule has 0 radical (unpaired) electrons. The van der Waals surface area contributed by atoms with E-state index in [9.17, 15) is 29.4 Å². The molecule has 190 valence electrons. The number of nitrogens with zero attached hydrogens (tertiary/aromatic N) is 1. The Morgan fingerprint density at radius 3 is 2.29 bits per heavy atom. The molecule has 0 aliphatic heterocycles. The van der Waals surface area contributed by atoms with Crippen molar-refractivity contribution < 1.29 is 29.4 Å². The summed E-state index contributed by atoms with van der Waals surface area (Å²) >= 11 is 0. The summed E-state index contributed by atoms with van der Waals surface area (Å²) < 4.78 is 0. The van der Waals surface area contributed by atoms with Crippen LogP contribution < -0.4 is 21.7 Å². The van der Waals surface area contributed by atoms with Crippen molar-refractivity contribution in [3.05, 3.63) is 48.0 Å². The van der Waals surface area contributed by atoms with Gasteiger partial charge >= 0.3 is 5.97 Å². The van der Waals surface area contributed by atoms with E-state index in [1.165, 1.54) is 18.5 Å². The lowest BCUT2D eigenvalue weighted by atomic mass is 10.0. The van der Waals surface area contributed by atoms with E-state index in [0.29, 0.717) is 17.7 Å². The van der Waals surface area contributed by atoms with Crippen molar-refractivity contribution in [3.8, 4) is 5.75 Å². The Morgan fingerprint density at radius 2 is 1.71 bits per heavy atom. The van der Waals surface area contributed by atoms with E-state index in [0.717, 1.165) is 0 Å². The van der Waals surface area contributed by atoms with Gasteiger partial charge in [0.05, 0.1) is 18.9 Å². The number of aromatic nitrogens is 2. The number of phenolic OH excluding ortho intramolecular Hbond substituents is 1. The monoisotopic (exact) mass is 488 g/mol. The molecule has 0 saturated carbocycles. The zero-order chi connectivity index (χ0) is 26.0. The molecule has 3 unspecified atom stereocenters. The molecule has 1 aromatic carbocycles. The largest absolute Gasteiger partial charge is 0.508 e. The lowest BCUT2D eigenvalue weighted by molar-refractivity contribution is -0.141. The third kappa shape index (κ3) is 9.45. The number of carbonyl (C=O) groups excluding carboxylic acids is 3. The zero-order valence-corrected chi connectivity index (χ0v) is 19.7. The molecule has 1 heterocycles. The SMILES string of the molecule is CC(C)CC(NC(=O)C(N)Cc1cnc[nH]1)C(=O)NCC(=O)NC(Cc1ccc(O)cc1)C(=O)O. The fraction of sp³-hybridized carbons (Fsp3) is 0.435. The number of carboxylic acids is 1. The number of nitrogens with one attached hydrogen (secondary N) is 4. The highest BCUT2D eigenvalue weighted by Gasteiger charge is 2.26. The van der Waals surface area contributed by atoms with E-state index in [2.05, 4.69) is 25.9 Å². The molecule has 0 saturated heterocycles. The molecule has 3 amide bonds. The van der Waals surface area contributed by atoms with Crippen LogP contribution in [-0.4, -0.2) is 68.5 Å². The molecule has 0 fully saturated rings. The van der Waals surface area contributed by atoms with Gasteiger partial charge in [0.2, 0.25) is 17.7 Å². The van der Waals surface area contributed by atoms with Crippen LogP contribution in [0.25, 0.3) is 0 Å². The highest BCUT2D eigenvalue weighted by molar-refractivity contribution is 5.92. The summed E-state index contributed by atoms with van der Waals surface area (Å²) in [4.78, 5) is 55.8. The summed E-state index contributed by atoms with van der Waals surface area (Å²) in [6.45, 7) is 3.29. The summed E-state index contributed by atoms with van der Waals surface area (Å²) in [5.74, 6) is -2.95. The molecule has 0 aliphatic carbocycles. The fourth-order valence-electron chi connectivity index (χ4n) is 3.31. The van der Waals surface area contributed by atoms with Crippen LogP contribution >= 0.6 is 0 Å². The van der Waals surface area contributed by atoms with Crippen LogP contribution in [0.2, 0.25) is 0 Å². The quantitative estimate of drug-likeness (QED) is 0.194. The topological polar surface area (TPSA) is 200 Å². The maximum absolute atomic E-state index is 12.7. The van der Waals surface area contributed by atoms with Gasteiger partial charge in [0.15, 0.2) is 0 Å². The van der Waals surface area contributed by atoms with Gasteiger partial charge in [-0.2, -0.15) is 0 Å². The second kappa shape index (κ2) is 13.1. The smallest absolute Gasteiger partial charge is 0.326 e. The van der Waals surface area contributed by atoms with Crippen molar-refractivity contribution in [1.29, 1.82) is 0 Å². The van der Waals surface area contributed by atoms with Crippen LogP contribution in [0.1, 0.15) is 31.5 Å². The van der Waals surface area contributed by atoms with E-state index >= 15 is 0 Å². The van der Waals surface area contributed by atoms with Gasteiger partial charge in [-0.1, -0.05) is 26.0 Å². The molecule has 12 heteroatoms. The average Bonchev–Trinajstić information content (AvgIpc) is 3.30. The van der Waals surface area contributed by atoms with Crippen LogP contribution in [-0.2, 0) is 32.0 Å². The number of aromatic hydroxyl groups is 1. The normalized spacial score (nSPS) is 13.5. The molecule has 1 aromatic heterocycles. The van der Waals surface area contributed by atoms with Crippen LogP contribution in [0.4, 0.5) is 0 Å². The third-order valence-corrected chi connectivity index (χ3v) is 5.10. The van der Waals surface area contributed by atoms with E-state index in [-0.39, 0.29) is 24.5 Å². The van der Waals surface area contributed by atoms with E-state index in [4.69, 9.17) is 5.73 Å². The Balaban J connectivity index is 1.91. The van der Waals surface area contributed by atoms with E-state index in [1.807, 2.05) is 13.8 Å². The molecular weight excluding hydrogens is 456 g/mol. The lowest BCUT2D eigenvalue weighted by Crippen LogP contribution is -2.54. The minimum Gasteiger partial charge on any atom is -0.508 e. The first-order valence-corrected chi connectivity index (χ1v) is 11.2. The first kappa shape index (κ1) is 27.3. The number of phenols is 1. The predicted molar refractivity (Wildman–Crippen MR) is 126 cm³/mol. The molecule has 35 heavy (non-hydrogen) atoms. The molecule has 0 bridgehead atoms. The van der Waals surface area contributed by atoms with Crippen LogP contribution in [0.15, 0.2) is 36.8 Å². The number of benzene rings is 1. The number of carbonyl (C=O) groups is 4. The summed E-state index contributed by atoms with van der Waals surface area (Å²) in [7, 11) is 0. The minimum atomic E-state index is -1.24. The standard InChI is InChI=1S/C23H32N6O6/c1-13(2)7-18(29-21(32)17(24)9-15-10-25-12-27-15)22(33)26-11-20(31)28-19(23(34)35)8-14-3-5-16(30)6-4-14/h3-6,10,12-13,17-19,30H,7-9,11,24H2,1-2H3,(H,25,27)(H,26,33)(H,28,31)(H,29,32)(H,34,35). The van der Waals surface area contributed by atoms with Gasteiger partial charge in [0, 0.05) is 24.7 Å². The Bertz CT molecular complexity index is 992. The molecule has 0 aliphatic rings. The Morgan fingerprint density at radius 1 is 1.03 bits per heavy atom. The highest BCUT2D eigenvalue weighted by Crippen LogP contribution is 2.11. The molecule has 2 rings (SSSR count). The van der Waals surface area contributed by atoms with Gasteiger partial charge in [-0.3, -0.25) is 14.4 Å². The third-order valence-electron chi connectivity index (χ3n) is 5.10. The van der Waals surface area contributed by atoms with Crippen molar-refractivity contribution in [2.75, 3.05) is 6.54 Å². The van der Waals surface area contributed by atoms with Gasteiger partial charge in [0.1, 0.15) is 17.8 Å². The van der Waals surface area contributed by atoms with Crippen molar-refractivity contribution in [3.63, 3.8) is 0 Å². The first-order chi connectivity index (χ1) is 16.5. The van der Waals surface area contributed by atoms with Gasteiger partial charge < -0.3 is 36.9 Å². The number of hydrogen-bond acceptors (Lipinski definition) is 7. The Hall–Kier alpha value is -3.93. The maximum Gasteiger partial charge on any atom is 0.326 e. The second-order valence-electron chi connectivity index (χ2n) is 8.62. The van der Waals surface area contributed by atoms with Gasteiger partial charge in [0.25, 0.3) is 0 Å². The second-order valence-corrected chi connectivity index (χ2v) is 8.62. The van der Waals surface area contributed by atoms with Crippen molar-refractivity contribution in [2.45, 2.75) is 51.2 Å². The molecular formula is C23H32N6O6. The lowest BCUT2D eigenvalue weighted by Gasteiger charge is -2.22. The molecule has 2 aromatic rings. The number of amides is 3. The molecule has 8 N–H and O–H groups in total. The van der Waals surface area contributed by atoms with Crippen LogP contribution in [0.3, 0.4) is 0 Å². The zero-order valence-electron chi connectivity index (χ0n) is 19.7. The predicted octanol–water partition coefficient (Wildman–Crippen LogP) is -0.556. The number of aromatic amines is 1. The van der Waals surface area contributed by atoms with Crippen molar-refractivity contribution in [1.82, 2.24) is 25.9 Å². The van der Waals surface area contributed by atoms with Gasteiger partial charge in [-0.05, 0) is 30.0 Å².